The van der Waals surface area contributed by atoms with Crippen molar-refractivity contribution >= 4 is 23.5 Å². The maximum absolute atomic E-state index is 14.1. The van der Waals surface area contributed by atoms with Gasteiger partial charge in [-0.1, -0.05) is 12.1 Å². The minimum atomic E-state index is -0.850. The Morgan fingerprint density at radius 1 is 0.952 bits per heavy atom. The first-order valence-electron chi connectivity index (χ1n) is 15.5. The number of carbonyl (C=O) groups is 3. The molecule has 1 aliphatic heterocycles. The van der Waals surface area contributed by atoms with E-state index in [0.717, 1.165) is 60.9 Å². The number of nitrogens with zero attached hydrogens (tertiary/aromatic N) is 2. The molecule has 1 saturated heterocycles. The summed E-state index contributed by atoms with van der Waals surface area (Å²) in [7, 11) is 0. The van der Waals surface area contributed by atoms with Gasteiger partial charge in [0.1, 0.15) is 11.8 Å². The predicted octanol–water partition coefficient (Wildman–Crippen LogP) is 4.26. The SMILES string of the molecule is CC(C)NC(=O)c1ccc(NC(=O)N([C@@H]2CCC[N+](CC3CC3)(CC3CC3)C2)[C@@H](Cc2ccc(O)cc2)C(N)=O)cc1. The molecule has 1 heterocycles. The molecule has 9 heteroatoms. The van der Waals surface area contributed by atoms with E-state index in [9.17, 15) is 19.5 Å². The molecule has 0 spiro atoms. The summed E-state index contributed by atoms with van der Waals surface area (Å²) in [4.78, 5) is 41.3. The summed E-state index contributed by atoms with van der Waals surface area (Å²) in [5.41, 5.74) is 7.91. The third kappa shape index (κ3) is 7.82. The average molecular weight is 577 g/mol. The van der Waals surface area contributed by atoms with E-state index in [0.29, 0.717) is 11.3 Å². The van der Waals surface area contributed by atoms with Crippen LogP contribution in [-0.4, -0.2) is 76.6 Å². The van der Waals surface area contributed by atoms with Crippen LogP contribution >= 0.6 is 0 Å². The normalized spacial score (nSPS) is 20.5. The molecular weight excluding hydrogens is 530 g/mol. The first kappa shape index (κ1) is 29.9. The van der Waals surface area contributed by atoms with Crippen LogP contribution in [0.2, 0.25) is 0 Å². The molecule has 2 aromatic rings. The van der Waals surface area contributed by atoms with Crippen LogP contribution < -0.4 is 16.4 Å². The van der Waals surface area contributed by atoms with E-state index in [-0.39, 0.29) is 36.2 Å². The monoisotopic (exact) mass is 576 g/mol. The largest absolute Gasteiger partial charge is 0.508 e. The highest BCUT2D eigenvalue weighted by atomic mass is 16.3. The number of amides is 4. The minimum Gasteiger partial charge on any atom is -0.508 e. The maximum atomic E-state index is 14.1. The number of hydrogen-bond donors (Lipinski definition) is 4. The van der Waals surface area contributed by atoms with Crippen molar-refractivity contribution in [1.29, 1.82) is 0 Å². The summed E-state index contributed by atoms with van der Waals surface area (Å²) in [5.74, 6) is 0.950. The molecule has 3 aliphatic rings. The number of piperidine rings is 1. The fraction of sp³-hybridized carbons (Fsp3) is 0.545. The maximum Gasteiger partial charge on any atom is 0.323 e. The highest BCUT2D eigenvalue weighted by Gasteiger charge is 2.47. The fourth-order valence-corrected chi connectivity index (χ4v) is 6.61. The van der Waals surface area contributed by atoms with Crippen molar-refractivity contribution in [3.8, 4) is 5.75 Å². The smallest absolute Gasteiger partial charge is 0.323 e. The molecule has 2 aromatic carbocycles. The van der Waals surface area contributed by atoms with Gasteiger partial charge in [-0.05, 0) is 94.3 Å². The molecule has 2 aliphatic carbocycles. The Morgan fingerprint density at radius 2 is 1.57 bits per heavy atom. The van der Waals surface area contributed by atoms with Crippen molar-refractivity contribution in [3.63, 3.8) is 0 Å². The average Bonchev–Trinajstić information content (AvgIpc) is 3.88. The zero-order chi connectivity index (χ0) is 29.9. The summed E-state index contributed by atoms with van der Waals surface area (Å²) in [6.07, 6.45) is 7.23. The molecule has 0 radical (unpaired) electrons. The van der Waals surface area contributed by atoms with Gasteiger partial charge in [-0.25, -0.2) is 4.79 Å². The molecule has 2 saturated carbocycles. The fourth-order valence-electron chi connectivity index (χ4n) is 6.61. The molecule has 9 nitrogen and oxygen atoms in total. The lowest BCUT2D eigenvalue weighted by atomic mass is 9.95. The standard InChI is InChI=1S/C33H45N5O4/c1-22(2)35-32(41)26-11-13-27(14-12-26)36-33(42)37(30(31(34)40)18-23-9-15-29(39)16-10-23)28-4-3-17-38(21-28,19-24-5-6-24)20-25-7-8-25/h9-16,22,24-25,28,30H,3-8,17-21H2,1-2H3,(H4-,34,35,36,39,40,41,42)/p+1/t28-,30+/m1/s1. The van der Waals surface area contributed by atoms with Gasteiger partial charge < -0.3 is 30.9 Å². The van der Waals surface area contributed by atoms with Crippen molar-refractivity contribution < 1.29 is 24.0 Å². The second kappa shape index (κ2) is 12.7. The van der Waals surface area contributed by atoms with Crippen LogP contribution in [0.3, 0.4) is 0 Å². The Hall–Kier alpha value is -3.59. The number of nitrogens with one attached hydrogen (secondary N) is 2. The molecule has 2 atom stereocenters. The van der Waals surface area contributed by atoms with Crippen molar-refractivity contribution in [2.75, 3.05) is 31.5 Å². The molecule has 42 heavy (non-hydrogen) atoms. The molecule has 226 valence electrons. The van der Waals surface area contributed by atoms with E-state index < -0.39 is 11.9 Å². The van der Waals surface area contributed by atoms with Crippen molar-refractivity contribution in [3.05, 3.63) is 59.7 Å². The number of aromatic hydroxyl groups is 1. The second-order valence-electron chi connectivity index (χ2n) is 13.1. The van der Waals surface area contributed by atoms with Crippen molar-refractivity contribution in [2.45, 2.75) is 76.9 Å². The number of nitrogens with two attached hydrogens (primary N) is 1. The topological polar surface area (TPSA) is 125 Å². The Bertz CT molecular complexity index is 1240. The van der Waals surface area contributed by atoms with Crippen LogP contribution in [0.25, 0.3) is 0 Å². The number of quaternary nitrogens is 1. The quantitative estimate of drug-likeness (QED) is 0.282. The molecule has 4 amide bonds. The summed E-state index contributed by atoms with van der Waals surface area (Å²) in [6.45, 7) is 8.07. The van der Waals surface area contributed by atoms with E-state index in [1.165, 1.54) is 25.7 Å². The van der Waals surface area contributed by atoms with E-state index in [4.69, 9.17) is 5.73 Å². The molecule has 3 fully saturated rings. The number of anilines is 1. The zero-order valence-corrected chi connectivity index (χ0v) is 24.9. The van der Waals surface area contributed by atoms with Gasteiger partial charge in [0, 0.05) is 35.5 Å². The van der Waals surface area contributed by atoms with E-state index in [1.807, 2.05) is 13.8 Å². The number of primary amides is 1. The van der Waals surface area contributed by atoms with Gasteiger partial charge in [-0.3, -0.25) is 9.59 Å². The summed E-state index contributed by atoms with van der Waals surface area (Å²) < 4.78 is 1.02. The van der Waals surface area contributed by atoms with Crippen LogP contribution in [0.4, 0.5) is 10.5 Å². The third-order valence-electron chi connectivity index (χ3n) is 8.93. The minimum absolute atomic E-state index is 0.0191. The van der Waals surface area contributed by atoms with Crippen molar-refractivity contribution in [2.24, 2.45) is 17.6 Å². The number of rotatable bonds is 12. The summed E-state index contributed by atoms with van der Waals surface area (Å²) >= 11 is 0. The molecule has 0 unspecified atom stereocenters. The van der Waals surface area contributed by atoms with Crippen LogP contribution in [-0.2, 0) is 11.2 Å². The second-order valence-corrected chi connectivity index (χ2v) is 13.1. The van der Waals surface area contributed by atoms with Gasteiger partial charge in [0.2, 0.25) is 5.91 Å². The highest BCUT2D eigenvalue weighted by Crippen LogP contribution is 2.40. The van der Waals surface area contributed by atoms with Crippen molar-refractivity contribution in [1.82, 2.24) is 10.2 Å². The molecule has 5 N–H and O–H groups in total. The van der Waals surface area contributed by atoms with Gasteiger partial charge in [-0.2, -0.15) is 0 Å². The van der Waals surface area contributed by atoms with E-state index in [2.05, 4.69) is 10.6 Å². The third-order valence-corrected chi connectivity index (χ3v) is 8.93. The lowest BCUT2D eigenvalue weighted by Crippen LogP contribution is -2.65. The number of hydrogen-bond acceptors (Lipinski definition) is 4. The molecule has 0 aromatic heterocycles. The van der Waals surface area contributed by atoms with E-state index >= 15 is 0 Å². The first-order valence-corrected chi connectivity index (χ1v) is 15.5. The highest BCUT2D eigenvalue weighted by molar-refractivity contribution is 5.96. The predicted molar refractivity (Wildman–Crippen MR) is 163 cm³/mol. The molecule has 0 bridgehead atoms. The van der Waals surface area contributed by atoms with E-state index in [1.54, 1.807) is 53.4 Å². The van der Waals surface area contributed by atoms with Gasteiger partial charge >= 0.3 is 6.03 Å². The number of carbonyl (C=O) groups excluding carboxylic acids is 3. The Balaban J connectivity index is 1.41. The Kier molecular flexibility index (Phi) is 9.06. The number of likely N-dealkylation sites (tertiary alicyclic amines) is 1. The van der Waals surface area contributed by atoms with Crippen LogP contribution in [0.5, 0.6) is 5.75 Å². The zero-order valence-electron chi connectivity index (χ0n) is 24.9. The van der Waals surface area contributed by atoms with Gasteiger partial charge in [-0.15, -0.1) is 0 Å². The van der Waals surface area contributed by atoms with Gasteiger partial charge in [0.15, 0.2) is 0 Å². The first-order chi connectivity index (χ1) is 20.1. The number of urea groups is 1. The lowest BCUT2D eigenvalue weighted by molar-refractivity contribution is -0.937. The summed E-state index contributed by atoms with van der Waals surface area (Å²) in [5, 5.41) is 15.7. The van der Waals surface area contributed by atoms with Crippen LogP contribution in [0.15, 0.2) is 48.5 Å². The van der Waals surface area contributed by atoms with Crippen LogP contribution in [0.1, 0.15) is 68.3 Å². The summed E-state index contributed by atoms with van der Waals surface area (Å²) in [6, 6.07) is 12.2. The molecule has 5 rings (SSSR count). The number of phenols is 1. The van der Waals surface area contributed by atoms with Gasteiger partial charge in [0.05, 0.1) is 32.2 Å². The van der Waals surface area contributed by atoms with Crippen LogP contribution in [0, 0.1) is 11.8 Å². The van der Waals surface area contributed by atoms with Gasteiger partial charge in [0.25, 0.3) is 5.91 Å². The lowest BCUT2D eigenvalue weighted by Gasteiger charge is -2.48. The Labute approximate surface area is 249 Å². The number of benzene rings is 2. The number of phenolic OH excluding ortho intramolecular Hbond substituents is 1. The Morgan fingerprint density at radius 3 is 2.12 bits per heavy atom. The molecular formula is C33H46N5O4+.